The Labute approximate surface area is 282 Å². The molecule has 0 spiro atoms. The molecule has 0 radical (unpaired) electrons. The molecular weight excluding hydrogens is 618 g/mol. The topological polar surface area (TPSA) is 105 Å². The summed E-state index contributed by atoms with van der Waals surface area (Å²) in [4.78, 5) is 62.6. The van der Waals surface area contributed by atoms with E-state index in [1.54, 1.807) is 68.2 Å². The van der Waals surface area contributed by atoms with Crippen LogP contribution in [0.2, 0.25) is 5.02 Å². The number of carbonyl (C=O) groups is 4. The second kappa shape index (κ2) is 14.3. The quantitative estimate of drug-likeness (QED) is 0.255. The molecule has 10 nitrogen and oxygen atoms in total. The van der Waals surface area contributed by atoms with Crippen molar-refractivity contribution in [2.45, 2.75) is 52.6 Å². The van der Waals surface area contributed by atoms with E-state index in [1.807, 2.05) is 17.0 Å². The van der Waals surface area contributed by atoms with E-state index in [0.29, 0.717) is 48.1 Å². The third-order valence-corrected chi connectivity index (χ3v) is 9.47. The lowest BCUT2D eigenvalue weighted by atomic mass is 9.68. The second-order valence-electron chi connectivity index (χ2n) is 13.4. The van der Waals surface area contributed by atoms with Gasteiger partial charge in [0, 0.05) is 62.4 Å². The summed E-state index contributed by atoms with van der Waals surface area (Å²) in [5.41, 5.74) is -0.184. The van der Waals surface area contributed by atoms with E-state index in [-0.39, 0.29) is 31.5 Å². The van der Waals surface area contributed by atoms with Gasteiger partial charge in [-0.25, -0.2) is 4.79 Å². The van der Waals surface area contributed by atoms with Crippen molar-refractivity contribution in [1.82, 2.24) is 9.80 Å². The normalized spacial score (nSPS) is 17.6. The number of carboxylic acid groups (broad SMARTS) is 1. The molecule has 1 atom stereocenters. The molecule has 252 valence electrons. The molecule has 0 bridgehead atoms. The van der Waals surface area contributed by atoms with Crippen LogP contribution in [0.5, 0.6) is 0 Å². The van der Waals surface area contributed by atoms with Gasteiger partial charge in [-0.1, -0.05) is 56.7 Å². The Bertz CT molecular complexity index is 1530. The Hall–Kier alpha value is -4.15. The summed E-state index contributed by atoms with van der Waals surface area (Å²) in [6, 6.07) is 12.6. The number of benzene rings is 2. The molecule has 2 aromatic rings. The van der Waals surface area contributed by atoms with Crippen LogP contribution in [0.15, 0.2) is 67.8 Å². The molecule has 2 fully saturated rings. The number of halogens is 1. The van der Waals surface area contributed by atoms with Gasteiger partial charge in [-0.15, -0.1) is 13.2 Å². The Morgan fingerprint density at radius 3 is 2.09 bits per heavy atom. The van der Waals surface area contributed by atoms with Gasteiger partial charge in [-0.05, 0) is 55.2 Å². The lowest BCUT2D eigenvalue weighted by Gasteiger charge is -2.51. The van der Waals surface area contributed by atoms with Gasteiger partial charge in [0.25, 0.3) is 0 Å². The van der Waals surface area contributed by atoms with Crippen molar-refractivity contribution < 1.29 is 24.3 Å². The number of amides is 3. The molecule has 1 unspecified atom stereocenters. The van der Waals surface area contributed by atoms with Crippen molar-refractivity contribution in [2.75, 3.05) is 60.5 Å². The van der Waals surface area contributed by atoms with Gasteiger partial charge in [0.15, 0.2) is 0 Å². The number of carbonyl (C=O) groups excluding carboxylic acids is 3. The van der Waals surface area contributed by atoms with Gasteiger partial charge in [-0.3, -0.25) is 19.3 Å². The van der Waals surface area contributed by atoms with E-state index < -0.39 is 28.7 Å². The third kappa shape index (κ3) is 7.09. The summed E-state index contributed by atoms with van der Waals surface area (Å²) < 4.78 is 0. The fourth-order valence-electron chi connectivity index (χ4n) is 6.56. The molecule has 3 amide bonds. The first-order valence-electron chi connectivity index (χ1n) is 15.9. The Morgan fingerprint density at radius 1 is 0.936 bits per heavy atom. The summed E-state index contributed by atoms with van der Waals surface area (Å²) in [5, 5.41) is 11.3. The first kappa shape index (κ1) is 35.7. The van der Waals surface area contributed by atoms with E-state index in [2.05, 4.69) is 31.9 Å². The fraction of sp³-hybridized carbons (Fsp3) is 0.444. The summed E-state index contributed by atoms with van der Waals surface area (Å²) in [5.74, 6) is -2.92. The molecule has 2 aliphatic rings. The van der Waals surface area contributed by atoms with E-state index in [1.165, 1.54) is 9.80 Å². The zero-order chi connectivity index (χ0) is 34.7. The van der Waals surface area contributed by atoms with E-state index in [9.17, 15) is 24.3 Å². The molecule has 2 aromatic carbocycles. The molecule has 0 saturated carbocycles. The van der Waals surface area contributed by atoms with Crippen molar-refractivity contribution in [2.24, 2.45) is 5.41 Å². The molecule has 2 saturated heterocycles. The number of nitrogens with zero attached hydrogens (tertiary/aromatic N) is 5. The lowest BCUT2D eigenvalue weighted by Crippen LogP contribution is -2.70. The minimum atomic E-state index is -1.75. The van der Waals surface area contributed by atoms with E-state index in [4.69, 9.17) is 11.6 Å². The number of rotatable bonds is 12. The predicted octanol–water partition coefficient (Wildman–Crippen LogP) is 4.86. The number of aliphatic carboxylic acids is 1. The van der Waals surface area contributed by atoms with Gasteiger partial charge < -0.3 is 24.7 Å². The van der Waals surface area contributed by atoms with Crippen LogP contribution >= 0.6 is 11.6 Å². The summed E-state index contributed by atoms with van der Waals surface area (Å²) in [7, 11) is 0. The van der Waals surface area contributed by atoms with Crippen LogP contribution in [0.1, 0.15) is 40.2 Å². The molecule has 1 N–H and O–H groups in total. The Balaban J connectivity index is 1.65. The van der Waals surface area contributed by atoms with Crippen LogP contribution in [0, 0.1) is 5.41 Å². The largest absolute Gasteiger partial charge is 0.479 e. The maximum atomic E-state index is 14.0. The number of piperazine rings is 2. The maximum Gasteiger partial charge on any atom is 0.330 e. The second-order valence-corrected chi connectivity index (χ2v) is 13.8. The third-order valence-electron chi connectivity index (χ3n) is 9.23. The highest BCUT2D eigenvalue weighted by atomic mass is 35.5. The lowest BCUT2D eigenvalue weighted by molar-refractivity contribution is -0.171. The highest BCUT2D eigenvalue weighted by Gasteiger charge is 2.57. The van der Waals surface area contributed by atoms with E-state index >= 15 is 0 Å². The summed E-state index contributed by atoms with van der Waals surface area (Å²) in [6.07, 6.45) is 3.43. The highest BCUT2D eigenvalue weighted by Crippen LogP contribution is 2.42. The van der Waals surface area contributed by atoms with Crippen LogP contribution in [0.3, 0.4) is 0 Å². The predicted molar refractivity (Wildman–Crippen MR) is 187 cm³/mol. The van der Waals surface area contributed by atoms with Crippen LogP contribution < -0.4 is 14.7 Å². The number of hydrogen-bond acceptors (Lipinski definition) is 6. The first-order chi connectivity index (χ1) is 22.2. The smallest absolute Gasteiger partial charge is 0.330 e. The summed E-state index contributed by atoms with van der Waals surface area (Å²) in [6.45, 7) is 19.8. The van der Waals surface area contributed by atoms with Gasteiger partial charge >= 0.3 is 17.8 Å². The summed E-state index contributed by atoms with van der Waals surface area (Å²) >= 11 is 6.37. The average molecular weight is 664 g/mol. The monoisotopic (exact) mass is 663 g/mol. The maximum absolute atomic E-state index is 14.0. The zero-order valence-electron chi connectivity index (χ0n) is 28.0. The van der Waals surface area contributed by atoms with Gasteiger partial charge in [-0.2, -0.15) is 0 Å². The SMILES string of the molecule is C=CCN(CC=C)c1ccc(Cl)cc1N1CCN(C(Cc2ccc(N3CCN(C(C)C)CC3=O)cc2)(C(=O)O)C(C)(C)C)C(=O)C1=O. The molecule has 11 heteroatoms. The van der Waals surface area contributed by atoms with Crippen LogP contribution in [0.25, 0.3) is 0 Å². The van der Waals surface area contributed by atoms with Crippen molar-refractivity contribution in [3.05, 3.63) is 78.4 Å². The van der Waals surface area contributed by atoms with Crippen molar-refractivity contribution in [3.63, 3.8) is 0 Å². The Kier molecular flexibility index (Phi) is 10.9. The minimum Gasteiger partial charge on any atom is -0.479 e. The highest BCUT2D eigenvalue weighted by molar-refractivity contribution is 6.42. The Morgan fingerprint density at radius 2 is 1.55 bits per heavy atom. The van der Waals surface area contributed by atoms with Crippen molar-refractivity contribution >= 4 is 52.4 Å². The first-order valence-corrected chi connectivity index (χ1v) is 16.3. The van der Waals surface area contributed by atoms with Crippen LogP contribution in [-0.2, 0) is 25.6 Å². The van der Waals surface area contributed by atoms with E-state index in [0.717, 1.165) is 12.2 Å². The zero-order valence-corrected chi connectivity index (χ0v) is 28.8. The molecule has 2 heterocycles. The molecular formula is C36H46ClN5O5. The molecule has 2 aliphatic heterocycles. The molecule has 0 aliphatic carbocycles. The minimum absolute atomic E-state index is 0.00424. The van der Waals surface area contributed by atoms with Crippen molar-refractivity contribution in [3.8, 4) is 0 Å². The number of carboxylic acids is 1. The van der Waals surface area contributed by atoms with Crippen molar-refractivity contribution in [1.29, 1.82) is 0 Å². The average Bonchev–Trinajstić information content (AvgIpc) is 3.01. The molecule has 4 rings (SSSR count). The van der Waals surface area contributed by atoms with Crippen LogP contribution in [0.4, 0.5) is 17.1 Å². The van der Waals surface area contributed by atoms with Gasteiger partial charge in [0.1, 0.15) is 5.54 Å². The fourth-order valence-corrected chi connectivity index (χ4v) is 6.73. The molecule has 0 aromatic heterocycles. The standard InChI is InChI=1S/C36H46ClN5O5/c1-8-16-38(17-9-2)29-15-12-27(37)22-30(29)41-20-21-42(33(45)32(41)44)36(34(46)47,35(5,6)7)23-26-10-13-28(14-11-26)40-19-18-39(25(3)4)24-31(40)43/h8-15,22,25H,1-2,16-21,23-24H2,3-7H3,(H,46,47). The molecule has 47 heavy (non-hydrogen) atoms. The van der Waals surface area contributed by atoms with Crippen LogP contribution in [-0.4, -0.2) is 96.0 Å². The number of hydrogen-bond donors (Lipinski definition) is 1. The van der Waals surface area contributed by atoms with Gasteiger partial charge in [0.2, 0.25) is 5.91 Å². The number of anilines is 3. The van der Waals surface area contributed by atoms with Gasteiger partial charge in [0.05, 0.1) is 17.9 Å².